The summed E-state index contributed by atoms with van der Waals surface area (Å²) in [4.78, 5) is 44.6. The van der Waals surface area contributed by atoms with Gasteiger partial charge in [-0.1, -0.05) is 24.3 Å². The van der Waals surface area contributed by atoms with Gasteiger partial charge < -0.3 is 18.8 Å². The molecular weight excluding hydrogens is 448 g/mol. The van der Waals surface area contributed by atoms with Crippen LogP contribution in [0.3, 0.4) is 0 Å². The molecule has 3 aliphatic rings. The Morgan fingerprint density at radius 3 is 2.49 bits per heavy atom. The first-order valence-electron chi connectivity index (χ1n) is 11.3. The van der Waals surface area contributed by atoms with E-state index < -0.39 is 29.8 Å². The quantitative estimate of drug-likeness (QED) is 0.415. The highest BCUT2D eigenvalue weighted by atomic mass is 16.5. The number of hydrogen-bond donors (Lipinski definition) is 0. The lowest BCUT2D eigenvalue weighted by molar-refractivity contribution is -0.123. The lowest BCUT2D eigenvalue weighted by Crippen LogP contribution is -2.44. The molecule has 0 N–H and O–H groups in total. The van der Waals surface area contributed by atoms with E-state index in [1.54, 1.807) is 30.3 Å². The van der Waals surface area contributed by atoms with Gasteiger partial charge in [-0.25, -0.2) is 4.90 Å². The zero-order valence-corrected chi connectivity index (χ0v) is 19.1. The standard InChI is InChI=1S/C27H22N2O6/c1-33-16-9-10-18(20(14-16)34-2)29-26(31)21-22(27(29)32)24(25(30)19-8-5-13-35-19)28-12-11-15-6-3-4-7-17(15)23(21)28/h3-14,21-24H,1-2H3/t21-,22+,23?,24-/m0/s1. The van der Waals surface area contributed by atoms with Crippen LogP contribution in [0.1, 0.15) is 27.7 Å². The minimum Gasteiger partial charge on any atom is -0.497 e. The van der Waals surface area contributed by atoms with E-state index in [2.05, 4.69) is 0 Å². The average Bonchev–Trinajstić information content (AvgIpc) is 3.60. The Balaban J connectivity index is 1.50. The van der Waals surface area contributed by atoms with E-state index in [1.165, 1.54) is 20.5 Å². The highest BCUT2D eigenvalue weighted by molar-refractivity contribution is 6.25. The summed E-state index contributed by atoms with van der Waals surface area (Å²) in [5, 5.41) is 0. The zero-order chi connectivity index (χ0) is 24.3. The Kier molecular flexibility index (Phi) is 4.77. The van der Waals surface area contributed by atoms with Crippen molar-refractivity contribution in [2.75, 3.05) is 19.1 Å². The molecule has 3 aromatic rings. The van der Waals surface area contributed by atoms with Gasteiger partial charge >= 0.3 is 0 Å². The third-order valence-corrected chi connectivity index (χ3v) is 7.12. The number of carbonyl (C=O) groups is 3. The SMILES string of the molecule is COc1ccc(N2C(=O)[C@@H]3[C@H](C2=O)C2c4ccccc4C=CN2[C@@H]3C(=O)c2ccco2)c(OC)c1. The van der Waals surface area contributed by atoms with E-state index >= 15 is 0 Å². The van der Waals surface area contributed by atoms with Crippen LogP contribution in [0.5, 0.6) is 11.5 Å². The first-order valence-corrected chi connectivity index (χ1v) is 11.3. The highest BCUT2D eigenvalue weighted by Crippen LogP contribution is 2.54. The van der Waals surface area contributed by atoms with Crippen LogP contribution in [0, 0.1) is 11.8 Å². The van der Waals surface area contributed by atoms with E-state index in [0.29, 0.717) is 17.2 Å². The number of ether oxygens (including phenoxy) is 2. The molecule has 176 valence electrons. The molecule has 4 heterocycles. The fourth-order valence-electron chi connectivity index (χ4n) is 5.63. The van der Waals surface area contributed by atoms with Crippen LogP contribution in [-0.4, -0.2) is 42.8 Å². The van der Waals surface area contributed by atoms with Crippen molar-refractivity contribution in [3.63, 3.8) is 0 Å². The van der Waals surface area contributed by atoms with Gasteiger partial charge in [-0.05, 0) is 41.5 Å². The highest BCUT2D eigenvalue weighted by Gasteiger charge is 2.65. The van der Waals surface area contributed by atoms with Gasteiger partial charge in [0.25, 0.3) is 0 Å². The van der Waals surface area contributed by atoms with E-state index in [4.69, 9.17) is 13.9 Å². The van der Waals surface area contributed by atoms with E-state index in [0.717, 1.165) is 16.0 Å². The molecule has 6 rings (SSSR count). The first-order chi connectivity index (χ1) is 17.0. The summed E-state index contributed by atoms with van der Waals surface area (Å²) in [5.41, 5.74) is 2.19. The predicted molar refractivity (Wildman–Crippen MR) is 126 cm³/mol. The van der Waals surface area contributed by atoms with Crippen LogP contribution < -0.4 is 14.4 Å². The molecular formula is C27H22N2O6. The minimum atomic E-state index is -0.883. The minimum absolute atomic E-state index is 0.155. The molecule has 8 heteroatoms. The average molecular weight is 470 g/mol. The van der Waals surface area contributed by atoms with Crippen LogP contribution >= 0.6 is 0 Å². The van der Waals surface area contributed by atoms with Gasteiger partial charge in [0.1, 0.15) is 17.5 Å². The number of fused-ring (bicyclic) bond motifs is 5. The third-order valence-electron chi connectivity index (χ3n) is 7.12. The summed E-state index contributed by atoms with van der Waals surface area (Å²) in [7, 11) is 3.00. The molecule has 8 nitrogen and oxygen atoms in total. The number of imide groups is 1. The van der Waals surface area contributed by atoms with Crippen molar-refractivity contribution in [2.24, 2.45) is 11.8 Å². The normalized spacial score (nSPS) is 24.3. The summed E-state index contributed by atoms with van der Waals surface area (Å²) in [5.74, 6) is -1.73. The molecule has 0 aliphatic carbocycles. The molecule has 2 saturated heterocycles. The van der Waals surface area contributed by atoms with E-state index in [9.17, 15) is 14.4 Å². The second kappa shape index (κ2) is 7.87. The van der Waals surface area contributed by atoms with Crippen molar-refractivity contribution in [3.05, 3.63) is 83.9 Å². The van der Waals surface area contributed by atoms with Crippen molar-refractivity contribution in [2.45, 2.75) is 12.1 Å². The maximum absolute atomic E-state index is 14.0. The number of methoxy groups -OCH3 is 2. The second-order valence-corrected chi connectivity index (χ2v) is 8.72. The molecule has 0 radical (unpaired) electrons. The molecule has 1 aromatic heterocycles. The number of rotatable bonds is 5. The Bertz CT molecular complexity index is 1380. The molecule has 2 amide bonds. The molecule has 0 spiro atoms. The number of carbonyl (C=O) groups excluding carboxylic acids is 3. The largest absolute Gasteiger partial charge is 0.497 e. The van der Waals surface area contributed by atoms with E-state index in [1.807, 2.05) is 41.4 Å². The van der Waals surface area contributed by atoms with Crippen LogP contribution in [0.2, 0.25) is 0 Å². The summed E-state index contributed by atoms with van der Waals surface area (Å²) in [6, 6.07) is 14.5. The number of Topliss-reactive ketones (excluding diaryl/α,β-unsaturated/α-hetero) is 1. The maximum Gasteiger partial charge on any atom is 0.240 e. The van der Waals surface area contributed by atoms with Crippen LogP contribution in [0.15, 0.2) is 71.5 Å². The van der Waals surface area contributed by atoms with Gasteiger partial charge in [0, 0.05) is 12.3 Å². The number of ketones is 1. The number of nitrogens with zero attached hydrogens (tertiary/aromatic N) is 2. The number of amides is 2. The lowest BCUT2D eigenvalue weighted by Gasteiger charge is -2.35. The Labute approximate surface area is 201 Å². The summed E-state index contributed by atoms with van der Waals surface area (Å²) >= 11 is 0. The zero-order valence-electron chi connectivity index (χ0n) is 19.1. The number of furan rings is 1. The lowest BCUT2D eigenvalue weighted by atomic mass is 9.84. The second-order valence-electron chi connectivity index (χ2n) is 8.72. The number of benzene rings is 2. The molecule has 2 aromatic carbocycles. The summed E-state index contributed by atoms with van der Waals surface area (Å²) in [6.45, 7) is 0. The molecule has 3 aliphatic heterocycles. The molecule has 0 saturated carbocycles. The number of anilines is 1. The van der Waals surface area contributed by atoms with Crippen molar-refractivity contribution in [3.8, 4) is 11.5 Å². The van der Waals surface area contributed by atoms with Gasteiger partial charge in [-0.2, -0.15) is 0 Å². The van der Waals surface area contributed by atoms with Crippen LogP contribution in [0.4, 0.5) is 5.69 Å². The fourth-order valence-corrected chi connectivity index (χ4v) is 5.63. The molecule has 0 bridgehead atoms. The predicted octanol–water partition coefficient (Wildman–Crippen LogP) is 3.70. The summed E-state index contributed by atoms with van der Waals surface area (Å²) < 4.78 is 16.1. The molecule has 1 unspecified atom stereocenters. The van der Waals surface area contributed by atoms with Gasteiger partial charge in [0.05, 0.1) is 44.0 Å². The molecule has 35 heavy (non-hydrogen) atoms. The summed E-state index contributed by atoms with van der Waals surface area (Å²) in [6.07, 6.45) is 5.15. The van der Waals surface area contributed by atoms with Crippen molar-refractivity contribution in [1.29, 1.82) is 0 Å². The smallest absolute Gasteiger partial charge is 0.240 e. The molecule has 2 fully saturated rings. The van der Waals surface area contributed by atoms with Crippen molar-refractivity contribution < 1.29 is 28.3 Å². The van der Waals surface area contributed by atoms with Crippen molar-refractivity contribution >= 4 is 29.4 Å². The van der Waals surface area contributed by atoms with Gasteiger partial charge in [0.15, 0.2) is 5.76 Å². The monoisotopic (exact) mass is 470 g/mol. The van der Waals surface area contributed by atoms with Crippen LogP contribution in [-0.2, 0) is 9.59 Å². The van der Waals surface area contributed by atoms with Gasteiger partial charge in [-0.15, -0.1) is 0 Å². The fraction of sp³-hybridized carbons (Fsp3) is 0.222. The number of hydrogen-bond acceptors (Lipinski definition) is 7. The molecule has 4 atom stereocenters. The first kappa shape index (κ1) is 21.2. The van der Waals surface area contributed by atoms with Crippen molar-refractivity contribution in [1.82, 2.24) is 4.90 Å². The third kappa shape index (κ3) is 2.96. The Hall–Kier alpha value is -4.33. The topological polar surface area (TPSA) is 89.3 Å². The van der Waals surface area contributed by atoms with Gasteiger partial charge in [-0.3, -0.25) is 14.4 Å². The maximum atomic E-state index is 14.0. The Morgan fingerprint density at radius 2 is 1.74 bits per heavy atom. The van der Waals surface area contributed by atoms with Gasteiger partial charge in [0.2, 0.25) is 17.6 Å². The van der Waals surface area contributed by atoms with E-state index in [-0.39, 0.29) is 17.5 Å². The Morgan fingerprint density at radius 1 is 0.943 bits per heavy atom. The van der Waals surface area contributed by atoms with Crippen LogP contribution in [0.25, 0.3) is 6.08 Å².